The van der Waals surface area contributed by atoms with Crippen LogP contribution in [0.25, 0.3) is 5.78 Å². The van der Waals surface area contributed by atoms with Gasteiger partial charge in [-0.1, -0.05) is 6.07 Å². The fourth-order valence-electron chi connectivity index (χ4n) is 3.26. The van der Waals surface area contributed by atoms with Gasteiger partial charge in [-0.05, 0) is 24.8 Å². The first-order valence-electron chi connectivity index (χ1n) is 8.81. The number of anilines is 1. The maximum Gasteiger partial charge on any atom is 0.254 e. The predicted molar refractivity (Wildman–Crippen MR) is 96.2 cm³/mol. The maximum absolute atomic E-state index is 5.81. The number of piperidine rings is 1. The van der Waals surface area contributed by atoms with E-state index in [0.717, 1.165) is 37.4 Å². The second kappa shape index (κ2) is 7.65. The van der Waals surface area contributed by atoms with E-state index >= 15 is 0 Å². The van der Waals surface area contributed by atoms with Crippen LogP contribution in [0.15, 0.2) is 36.8 Å². The Labute approximate surface area is 151 Å². The number of fused-ring (bicyclic) bond motifs is 1. The van der Waals surface area contributed by atoms with Crippen LogP contribution in [0.1, 0.15) is 18.5 Å². The fourth-order valence-corrected chi connectivity index (χ4v) is 3.26. The van der Waals surface area contributed by atoms with Crippen molar-refractivity contribution in [3.05, 3.63) is 42.5 Å². The molecule has 0 radical (unpaired) electrons. The summed E-state index contributed by atoms with van der Waals surface area (Å²) < 4.78 is 12.8. The van der Waals surface area contributed by atoms with Gasteiger partial charge in [0.15, 0.2) is 0 Å². The molecule has 1 saturated heterocycles. The Balaban J connectivity index is 1.41. The van der Waals surface area contributed by atoms with E-state index in [1.807, 2.05) is 24.3 Å². The SMILES string of the molecule is COCc1cc(N2CCC(COc3ccccn3)CC2)n2ncnc2n1. The van der Waals surface area contributed by atoms with Crippen LogP contribution in [0, 0.1) is 5.92 Å². The predicted octanol–water partition coefficient (Wildman–Crippen LogP) is 1.96. The molecule has 3 aromatic heterocycles. The van der Waals surface area contributed by atoms with Crippen LogP contribution in [0.4, 0.5) is 5.82 Å². The molecule has 8 heteroatoms. The highest BCUT2D eigenvalue weighted by atomic mass is 16.5. The van der Waals surface area contributed by atoms with E-state index in [1.165, 1.54) is 6.33 Å². The normalized spacial score (nSPS) is 15.5. The molecule has 0 spiro atoms. The summed E-state index contributed by atoms with van der Waals surface area (Å²) in [4.78, 5) is 15.2. The van der Waals surface area contributed by atoms with Gasteiger partial charge in [0.25, 0.3) is 5.78 Å². The number of methoxy groups -OCH3 is 1. The highest BCUT2D eigenvalue weighted by Crippen LogP contribution is 2.24. The van der Waals surface area contributed by atoms with Gasteiger partial charge in [0, 0.05) is 38.5 Å². The van der Waals surface area contributed by atoms with E-state index in [4.69, 9.17) is 9.47 Å². The molecular weight excluding hydrogens is 332 g/mol. The van der Waals surface area contributed by atoms with Crippen molar-refractivity contribution in [3.8, 4) is 5.88 Å². The van der Waals surface area contributed by atoms with Crippen molar-refractivity contribution in [2.75, 3.05) is 31.7 Å². The summed E-state index contributed by atoms with van der Waals surface area (Å²) in [5.74, 6) is 2.84. The van der Waals surface area contributed by atoms with E-state index in [-0.39, 0.29) is 0 Å². The molecule has 0 unspecified atom stereocenters. The lowest BCUT2D eigenvalue weighted by molar-refractivity contribution is 0.181. The van der Waals surface area contributed by atoms with Crippen molar-refractivity contribution < 1.29 is 9.47 Å². The van der Waals surface area contributed by atoms with Crippen LogP contribution in [-0.4, -0.2) is 51.4 Å². The number of pyridine rings is 1. The van der Waals surface area contributed by atoms with Gasteiger partial charge >= 0.3 is 0 Å². The third-order valence-corrected chi connectivity index (χ3v) is 4.62. The number of hydrogen-bond donors (Lipinski definition) is 0. The summed E-state index contributed by atoms with van der Waals surface area (Å²) >= 11 is 0. The van der Waals surface area contributed by atoms with Crippen molar-refractivity contribution in [1.29, 1.82) is 0 Å². The largest absolute Gasteiger partial charge is 0.477 e. The molecule has 8 nitrogen and oxygen atoms in total. The molecular formula is C18H22N6O2. The molecule has 0 amide bonds. The summed E-state index contributed by atoms with van der Waals surface area (Å²) in [7, 11) is 1.67. The summed E-state index contributed by atoms with van der Waals surface area (Å²) in [6, 6.07) is 7.76. The Bertz CT molecular complexity index is 845. The minimum atomic E-state index is 0.463. The van der Waals surface area contributed by atoms with Gasteiger partial charge in [-0.15, -0.1) is 0 Å². The van der Waals surface area contributed by atoms with Gasteiger partial charge in [0.1, 0.15) is 12.1 Å². The lowest BCUT2D eigenvalue weighted by atomic mass is 9.98. The zero-order valence-corrected chi connectivity index (χ0v) is 14.8. The zero-order chi connectivity index (χ0) is 17.8. The second-order valence-corrected chi connectivity index (χ2v) is 6.42. The number of aromatic nitrogens is 5. The Morgan fingerprint density at radius 2 is 2.08 bits per heavy atom. The number of ether oxygens (including phenoxy) is 2. The van der Waals surface area contributed by atoms with Gasteiger partial charge < -0.3 is 14.4 Å². The molecule has 0 aliphatic carbocycles. The summed E-state index contributed by atoms with van der Waals surface area (Å²) in [5, 5.41) is 4.32. The number of rotatable bonds is 6. The Morgan fingerprint density at radius 3 is 2.85 bits per heavy atom. The molecule has 1 aliphatic rings. The smallest absolute Gasteiger partial charge is 0.254 e. The Kier molecular flexibility index (Phi) is 4.92. The molecule has 26 heavy (non-hydrogen) atoms. The average Bonchev–Trinajstić information content (AvgIpc) is 3.16. The molecule has 1 aliphatic heterocycles. The molecule has 1 fully saturated rings. The van der Waals surface area contributed by atoms with Crippen molar-refractivity contribution in [2.24, 2.45) is 5.92 Å². The average molecular weight is 354 g/mol. The zero-order valence-electron chi connectivity index (χ0n) is 14.8. The van der Waals surface area contributed by atoms with Crippen LogP contribution >= 0.6 is 0 Å². The molecule has 4 heterocycles. The Morgan fingerprint density at radius 1 is 1.19 bits per heavy atom. The first kappa shape index (κ1) is 16.7. The van der Waals surface area contributed by atoms with Crippen LogP contribution in [0.3, 0.4) is 0 Å². The third-order valence-electron chi connectivity index (χ3n) is 4.62. The van der Waals surface area contributed by atoms with Crippen molar-refractivity contribution in [1.82, 2.24) is 24.6 Å². The van der Waals surface area contributed by atoms with Crippen LogP contribution in [0.5, 0.6) is 5.88 Å². The minimum absolute atomic E-state index is 0.463. The lowest BCUT2D eigenvalue weighted by Crippen LogP contribution is -2.36. The topological polar surface area (TPSA) is 77.7 Å². The standard InChI is InChI=1S/C18H22N6O2/c1-25-12-15-10-17(24-18(22-15)20-13-21-24)23-8-5-14(6-9-23)11-26-16-4-2-3-7-19-16/h2-4,7,10,13-14H,5-6,8-9,11-12H2,1H3. The van der Waals surface area contributed by atoms with Gasteiger partial charge in [0.2, 0.25) is 5.88 Å². The molecule has 0 saturated carbocycles. The van der Waals surface area contributed by atoms with Crippen LogP contribution < -0.4 is 9.64 Å². The highest BCUT2D eigenvalue weighted by Gasteiger charge is 2.23. The van der Waals surface area contributed by atoms with Gasteiger partial charge in [-0.25, -0.2) is 9.97 Å². The van der Waals surface area contributed by atoms with E-state index in [1.54, 1.807) is 17.8 Å². The summed E-state index contributed by atoms with van der Waals surface area (Å²) in [6.45, 7) is 3.06. The van der Waals surface area contributed by atoms with Crippen LogP contribution in [-0.2, 0) is 11.3 Å². The van der Waals surface area contributed by atoms with Gasteiger partial charge in [0.05, 0.1) is 18.9 Å². The van der Waals surface area contributed by atoms with Crippen molar-refractivity contribution in [3.63, 3.8) is 0 Å². The monoisotopic (exact) mass is 354 g/mol. The van der Waals surface area contributed by atoms with Crippen molar-refractivity contribution in [2.45, 2.75) is 19.4 Å². The van der Waals surface area contributed by atoms with Crippen LogP contribution in [0.2, 0.25) is 0 Å². The molecule has 136 valence electrons. The van der Waals surface area contributed by atoms with Gasteiger partial charge in [-0.2, -0.15) is 14.6 Å². The highest BCUT2D eigenvalue weighted by molar-refractivity contribution is 5.47. The quantitative estimate of drug-likeness (QED) is 0.669. The molecule has 0 bridgehead atoms. The molecule has 0 N–H and O–H groups in total. The lowest BCUT2D eigenvalue weighted by Gasteiger charge is -2.33. The maximum atomic E-state index is 5.81. The summed E-state index contributed by atoms with van der Waals surface area (Å²) in [6.07, 6.45) is 5.41. The molecule has 3 aromatic rings. The Hall–Kier alpha value is -2.74. The van der Waals surface area contributed by atoms with E-state index in [9.17, 15) is 0 Å². The fraction of sp³-hybridized carbons (Fsp3) is 0.444. The van der Waals surface area contributed by atoms with E-state index < -0.39 is 0 Å². The molecule has 0 atom stereocenters. The third kappa shape index (κ3) is 3.60. The number of nitrogens with zero attached hydrogens (tertiary/aromatic N) is 6. The molecule has 4 rings (SSSR count). The number of hydrogen-bond acceptors (Lipinski definition) is 7. The van der Waals surface area contributed by atoms with E-state index in [0.29, 0.717) is 30.8 Å². The van der Waals surface area contributed by atoms with Gasteiger partial charge in [-0.3, -0.25) is 0 Å². The van der Waals surface area contributed by atoms with Crippen molar-refractivity contribution >= 4 is 11.6 Å². The van der Waals surface area contributed by atoms with E-state index in [2.05, 4.69) is 25.0 Å². The second-order valence-electron chi connectivity index (χ2n) is 6.42. The minimum Gasteiger partial charge on any atom is -0.477 e. The first-order valence-corrected chi connectivity index (χ1v) is 8.81. The first-order chi connectivity index (χ1) is 12.8. The molecule has 0 aromatic carbocycles. The summed E-state index contributed by atoms with van der Waals surface area (Å²) in [5.41, 5.74) is 0.864.